The molecule has 24 heavy (non-hydrogen) atoms. The number of hydrogen-bond donors (Lipinski definition) is 2. The van der Waals surface area contributed by atoms with Gasteiger partial charge in [0.15, 0.2) is 11.5 Å². The Bertz CT molecular complexity index is 823. The highest BCUT2D eigenvalue weighted by Gasteiger charge is 2.15. The number of ether oxygens (including phenoxy) is 1. The van der Waals surface area contributed by atoms with Crippen molar-refractivity contribution in [3.05, 3.63) is 62.1 Å². The molecular weight excluding hydrogens is 382 g/mol. The van der Waals surface area contributed by atoms with E-state index >= 15 is 0 Å². The SMILES string of the molecule is COc1cc([N+](=O)[O-])cc(C=NNC(=O)c2cccc(Br)c2)c1O. The maximum Gasteiger partial charge on any atom is 0.274 e. The Morgan fingerprint density at radius 1 is 1.42 bits per heavy atom. The number of carbonyl (C=O) groups excluding carboxylic acids is 1. The van der Waals surface area contributed by atoms with Crippen molar-refractivity contribution in [1.82, 2.24) is 5.43 Å². The van der Waals surface area contributed by atoms with Crippen LogP contribution in [0.5, 0.6) is 11.5 Å². The molecule has 0 aliphatic rings. The number of nitro groups is 1. The van der Waals surface area contributed by atoms with Gasteiger partial charge < -0.3 is 9.84 Å². The van der Waals surface area contributed by atoms with E-state index < -0.39 is 10.8 Å². The van der Waals surface area contributed by atoms with Crippen LogP contribution >= 0.6 is 15.9 Å². The fourth-order valence-electron chi connectivity index (χ4n) is 1.83. The maximum atomic E-state index is 11.9. The molecule has 0 unspecified atom stereocenters. The molecule has 1 amide bonds. The predicted molar refractivity (Wildman–Crippen MR) is 90.5 cm³/mol. The Labute approximate surface area is 145 Å². The number of benzene rings is 2. The zero-order valence-corrected chi connectivity index (χ0v) is 14.0. The number of nitrogens with one attached hydrogen (secondary N) is 1. The van der Waals surface area contributed by atoms with E-state index in [4.69, 9.17) is 4.74 Å². The lowest BCUT2D eigenvalue weighted by molar-refractivity contribution is -0.385. The highest BCUT2D eigenvalue weighted by molar-refractivity contribution is 9.10. The van der Waals surface area contributed by atoms with Gasteiger partial charge in [-0.1, -0.05) is 22.0 Å². The Morgan fingerprint density at radius 3 is 2.79 bits per heavy atom. The molecule has 0 saturated carbocycles. The highest BCUT2D eigenvalue weighted by atomic mass is 79.9. The summed E-state index contributed by atoms with van der Waals surface area (Å²) in [4.78, 5) is 22.2. The van der Waals surface area contributed by atoms with E-state index in [1.165, 1.54) is 7.11 Å². The smallest absolute Gasteiger partial charge is 0.274 e. The van der Waals surface area contributed by atoms with Crippen molar-refractivity contribution in [3.63, 3.8) is 0 Å². The summed E-state index contributed by atoms with van der Waals surface area (Å²) >= 11 is 3.25. The summed E-state index contributed by atoms with van der Waals surface area (Å²) in [7, 11) is 1.27. The molecule has 0 aliphatic heterocycles. The molecule has 0 bridgehead atoms. The minimum Gasteiger partial charge on any atom is -0.504 e. The lowest BCUT2D eigenvalue weighted by atomic mass is 10.2. The van der Waals surface area contributed by atoms with Crippen molar-refractivity contribution in [2.75, 3.05) is 7.11 Å². The number of nitro benzene ring substituents is 1. The summed E-state index contributed by atoms with van der Waals surface area (Å²) in [5.74, 6) is -0.850. The lowest BCUT2D eigenvalue weighted by Gasteiger charge is -2.06. The van der Waals surface area contributed by atoms with Gasteiger partial charge in [0.25, 0.3) is 11.6 Å². The zero-order chi connectivity index (χ0) is 17.7. The van der Waals surface area contributed by atoms with Crippen LogP contribution in [0.15, 0.2) is 46.0 Å². The van der Waals surface area contributed by atoms with Gasteiger partial charge in [0.05, 0.1) is 24.3 Å². The van der Waals surface area contributed by atoms with E-state index in [2.05, 4.69) is 26.5 Å². The molecule has 124 valence electrons. The molecule has 0 atom stereocenters. The summed E-state index contributed by atoms with van der Waals surface area (Å²) in [5.41, 5.74) is 2.42. The van der Waals surface area contributed by atoms with Gasteiger partial charge in [0.2, 0.25) is 0 Å². The number of aromatic hydroxyl groups is 1. The number of methoxy groups -OCH3 is 1. The molecule has 2 N–H and O–H groups in total. The third-order valence-electron chi connectivity index (χ3n) is 2.98. The van der Waals surface area contributed by atoms with Crippen LogP contribution < -0.4 is 10.2 Å². The van der Waals surface area contributed by atoms with Gasteiger partial charge in [0, 0.05) is 21.7 Å². The molecule has 0 radical (unpaired) electrons. The molecule has 0 heterocycles. The second-order valence-electron chi connectivity index (χ2n) is 4.55. The fraction of sp³-hybridized carbons (Fsp3) is 0.0667. The standard InChI is InChI=1S/C15H12BrN3O5/c1-24-13-7-12(19(22)23)6-10(14(13)20)8-17-18-15(21)9-3-2-4-11(16)5-9/h2-8,20H,1H3,(H,18,21). The number of rotatable bonds is 5. The van der Waals surface area contributed by atoms with E-state index in [9.17, 15) is 20.0 Å². The van der Waals surface area contributed by atoms with Crippen LogP contribution in [0.3, 0.4) is 0 Å². The van der Waals surface area contributed by atoms with Gasteiger partial charge in [0.1, 0.15) is 0 Å². The quantitative estimate of drug-likeness (QED) is 0.460. The first-order valence-corrected chi connectivity index (χ1v) is 7.36. The average molecular weight is 394 g/mol. The minimum atomic E-state index is -0.626. The molecule has 2 aromatic rings. The topological polar surface area (TPSA) is 114 Å². The van der Waals surface area contributed by atoms with Crippen LogP contribution in [0.2, 0.25) is 0 Å². The monoisotopic (exact) mass is 393 g/mol. The van der Waals surface area contributed by atoms with Gasteiger partial charge in [-0.3, -0.25) is 14.9 Å². The van der Waals surface area contributed by atoms with Crippen molar-refractivity contribution in [2.24, 2.45) is 5.10 Å². The van der Waals surface area contributed by atoms with Crippen LogP contribution in [0.25, 0.3) is 0 Å². The normalized spacial score (nSPS) is 10.6. The lowest BCUT2D eigenvalue weighted by Crippen LogP contribution is -2.17. The van der Waals surface area contributed by atoms with Gasteiger partial charge in [-0.15, -0.1) is 0 Å². The van der Waals surface area contributed by atoms with E-state index in [1.807, 2.05) is 0 Å². The summed E-state index contributed by atoms with van der Waals surface area (Å²) in [6, 6.07) is 8.88. The van der Waals surface area contributed by atoms with Crippen molar-refractivity contribution in [2.45, 2.75) is 0 Å². The van der Waals surface area contributed by atoms with Gasteiger partial charge in [-0.25, -0.2) is 5.43 Å². The molecule has 2 aromatic carbocycles. The summed E-state index contributed by atoms with van der Waals surface area (Å²) in [6.45, 7) is 0. The van der Waals surface area contributed by atoms with Gasteiger partial charge in [-0.2, -0.15) is 5.10 Å². The van der Waals surface area contributed by atoms with E-state index in [-0.39, 0.29) is 22.7 Å². The molecular formula is C15H12BrN3O5. The molecule has 0 aliphatic carbocycles. The Kier molecular flexibility index (Phi) is 5.48. The third kappa shape index (κ3) is 4.07. The predicted octanol–water partition coefficient (Wildman–Crippen LogP) is 2.84. The van der Waals surface area contributed by atoms with Crippen molar-refractivity contribution in [3.8, 4) is 11.5 Å². The first kappa shape index (κ1) is 17.4. The van der Waals surface area contributed by atoms with Crippen molar-refractivity contribution < 1.29 is 19.6 Å². The second-order valence-corrected chi connectivity index (χ2v) is 5.47. The molecule has 8 nitrogen and oxygen atoms in total. The van der Waals surface area contributed by atoms with Gasteiger partial charge in [-0.05, 0) is 18.2 Å². The Balaban J connectivity index is 2.21. The number of phenols is 1. The maximum absolute atomic E-state index is 11.9. The number of carbonyl (C=O) groups is 1. The van der Waals surface area contributed by atoms with E-state index in [0.717, 1.165) is 22.8 Å². The average Bonchev–Trinajstić information content (AvgIpc) is 2.56. The number of hydrazone groups is 1. The molecule has 0 spiro atoms. The van der Waals surface area contributed by atoms with Crippen molar-refractivity contribution >= 4 is 33.7 Å². The Hall–Kier alpha value is -2.94. The number of amides is 1. The van der Waals surface area contributed by atoms with E-state index in [1.54, 1.807) is 24.3 Å². The summed E-state index contributed by atoms with van der Waals surface area (Å²) in [5, 5.41) is 24.5. The molecule has 9 heteroatoms. The first-order chi connectivity index (χ1) is 11.4. The largest absolute Gasteiger partial charge is 0.504 e. The van der Waals surface area contributed by atoms with Crippen LogP contribution in [0.1, 0.15) is 15.9 Å². The molecule has 0 fully saturated rings. The molecule has 0 aromatic heterocycles. The van der Waals surface area contributed by atoms with Crippen LogP contribution in [-0.4, -0.2) is 29.3 Å². The summed E-state index contributed by atoms with van der Waals surface area (Å²) < 4.78 is 5.61. The molecule has 0 saturated heterocycles. The van der Waals surface area contributed by atoms with E-state index in [0.29, 0.717) is 5.56 Å². The van der Waals surface area contributed by atoms with Crippen molar-refractivity contribution in [1.29, 1.82) is 0 Å². The second kappa shape index (κ2) is 7.55. The first-order valence-electron chi connectivity index (χ1n) is 6.56. The number of phenolic OH excluding ortho intramolecular Hbond substituents is 1. The van der Waals surface area contributed by atoms with Crippen LogP contribution in [0.4, 0.5) is 5.69 Å². The molecule has 2 rings (SSSR count). The summed E-state index contributed by atoms with van der Waals surface area (Å²) in [6.07, 6.45) is 1.10. The van der Waals surface area contributed by atoms with Crippen LogP contribution in [-0.2, 0) is 0 Å². The van der Waals surface area contributed by atoms with Crippen LogP contribution in [0, 0.1) is 10.1 Å². The third-order valence-corrected chi connectivity index (χ3v) is 3.47. The van der Waals surface area contributed by atoms with Gasteiger partial charge >= 0.3 is 0 Å². The highest BCUT2D eigenvalue weighted by Crippen LogP contribution is 2.33. The number of hydrogen-bond acceptors (Lipinski definition) is 6. The Morgan fingerprint density at radius 2 is 2.17 bits per heavy atom. The number of non-ortho nitro benzene ring substituents is 1. The fourth-order valence-corrected chi connectivity index (χ4v) is 2.23. The number of nitrogens with zero attached hydrogens (tertiary/aromatic N) is 2. The minimum absolute atomic E-state index is 0.0376. The number of halogens is 1. The zero-order valence-electron chi connectivity index (χ0n) is 12.4.